The van der Waals surface area contributed by atoms with Crippen LogP contribution in [0.3, 0.4) is 0 Å². The van der Waals surface area contributed by atoms with Crippen LogP contribution in [-0.2, 0) is 4.74 Å². The van der Waals surface area contributed by atoms with Crippen molar-refractivity contribution in [1.82, 2.24) is 0 Å². The standard InChI is InChI=1S/C6H14O3/c1-6(2-3-7)9-5-4-8/h6-8H,2-5H2,1H3. The minimum atomic E-state index is 0.0514. The highest BCUT2D eigenvalue weighted by molar-refractivity contribution is 4.46. The van der Waals surface area contributed by atoms with Crippen LogP contribution < -0.4 is 0 Å². The van der Waals surface area contributed by atoms with Crippen LogP contribution in [0.15, 0.2) is 0 Å². The summed E-state index contributed by atoms with van der Waals surface area (Å²) in [7, 11) is 0. The summed E-state index contributed by atoms with van der Waals surface area (Å²) in [6, 6.07) is 0. The van der Waals surface area contributed by atoms with E-state index in [9.17, 15) is 0 Å². The Labute approximate surface area is 55.3 Å². The van der Waals surface area contributed by atoms with Gasteiger partial charge in [0.1, 0.15) is 0 Å². The van der Waals surface area contributed by atoms with Crippen LogP contribution in [0.1, 0.15) is 13.3 Å². The molecule has 0 aromatic carbocycles. The van der Waals surface area contributed by atoms with Gasteiger partial charge in [-0.05, 0) is 13.3 Å². The molecular formula is C6H14O3. The Morgan fingerprint density at radius 3 is 2.44 bits per heavy atom. The maximum atomic E-state index is 8.39. The Morgan fingerprint density at radius 1 is 1.33 bits per heavy atom. The molecule has 0 saturated heterocycles. The Hall–Kier alpha value is -0.120. The lowest BCUT2D eigenvalue weighted by molar-refractivity contribution is 0.0258. The summed E-state index contributed by atoms with van der Waals surface area (Å²) in [5.41, 5.74) is 0. The number of hydrogen-bond acceptors (Lipinski definition) is 3. The predicted octanol–water partition coefficient (Wildman–Crippen LogP) is -0.234. The van der Waals surface area contributed by atoms with E-state index >= 15 is 0 Å². The molecule has 1 atom stereocenters. The van der Waals surface area contributed by atoms with E-state index in [0.29, 0.717) is 13.0 Å². The molecule has 2 N–H and O–H groups in total. The van der Waals surface area contributed by atoms with Gasteiger partial charge in [0.15, 0.2) is 0 Å². The van der Waals surface area contributed by atoms with Gasteiger partial charge in [-0.3, -0.25) is 0 Å². The number of aliphatic hydroxyl groups is 2. The van der Waals surface area contributed by atoms with E-state index in [1.54, 1.807) is 0 Å². The molecule has 0 amide bonds. The van der Waals surface area contributed by atoms with Gasteiger partial charge in [-0.1, -0.05) is 0 Å². The van der Waals surface area contributed by atoms with Crippen LogP contribution in [0.5, 0.6) is 0 Å². The fraction of sp³-hybridized carbons (Fsp3) is 1.00. The van der Waals surface area contributed by atoms with E-state index in [2.05, 4.69) is 0 Å². The maximum absolute atomic E-state index is 8.39. The zero-order valence-corrected chi connectivity index (χ0v) is 5.71. The monoisotopic (exact) mass is 134 g/mol. The molecule has 0 fully saturated rings. The molecule has 56 valence electrons. The van der Waals surface area contributed by atoms with Crippen LogP contribution >= 0.6 is 0 Å². The van der Waals surface area contributed by atoms with Gasteiger partial charge in [0.2, 0.25) is 0 Å². The predicted molar refractivity (Wildman–Crippen MR) is 34.2 cm³/mol. The van der Waals surface area contributed by atoms with E-state index in [-0.39, 0.29) is 19.3 Å². The molecular weight excluding hydrogens is 120 g/mol. The Balaban J connectivity index is 2.95. The fourth-order valence-electron chi connectivity index (χ4n) is 0.519. The first-order valence-corrected chi connectivity index (χ1v) is 3.14. The fourth-order valence-corrected chi connectivity index (χ4v) is 0.519. The second-order valence-electron chi connectivity index (χ2n) is 1.92. The minimum Gasteiger partial charge on any atom is -0.396 e. The maximum Gasteiger partial charge on any atom is 0.0701 e. The van der Waals surface area contributed by atoms with Gasteiger partial charge in [-0.2, -0.15) is 0 Å². The highest BCUT2D eigenvalue weighted by Gasteiger charge is 1.98. The van der Waals surface area contributed by atoms with Gasteiger partial charge in [0.25, 0.3) is 0 Å². The molecule has 0 aromatic rings. The molecule has 0 aliphatic rings. The molecule has 3 heteroatoms. The smallest absolute Gasteiger partial charge is 0.0701 e. The normalized spacial score (nSPS) is 13.7. The molecule has 0 rings (SSSR count). The Kier molecular flexibility index (Phi) is 5.93. The van der Waals surface area contributed by atoms with Crippen molar-refractivity contribution in [2.45, 2.75) is 19.4 Å². The van der Waals surface area contributed by atoms with E-state index in [1.807, 2.05) is 6.92 Å². The highest BCUT2D eigenvalue weighted by atomic mass is 16.5. The first kappa shape index (κ1) is 8.88. The minimum absolute atomic E-state index is 0.0514. The van der Waals surface area contributed by atoms with Crippen molar-refractivity contribution in [2.24, 2.45) is 0 Å². The molecule has 0 saturated carbocycles. The summed E-state index contributed by atoms with van der Waals surface area (Å²) in [5.74, 6) is 0. The number of hydrogen-bond donors (Lipinski definition) is 2. The van der Waals surface area contributed by atoms with Crippen LogP contribution in [-0.4, -0.2) is 36.1 Å². The molecule has 1 unspecified atom stereocenters. The molecule has 0 radical (unpaired) electrons. The van der Waals surface area contributed by atoms with Crippen LogP contribution in [0, 0.1) is 0 Å². The molecule has 9 heavy (non-hydrogen) atoms. The van der Waals surface area contributed by atoms with Crippen molar-refractivity contribution >= 4 is 0 Å². The first-order valence-electron chi connectivity index (χ1n) is 3.14. The van der Waals surface area contributed by atoms with Crippen LogP contribution in [0.25, 0.3) is 0 Å². The lowest BCUT2D eigenvalue weighted by Crippen LogP contribution is -2.12. The Morgan fingerprint density at radius 2 is 2.00 bits per heavy atom. The quantitative estimate of drug-likeness (QED) is 0.546. The van der Waals surface area contributed by atoms with Crippen LogP contribution in [0.4, 0.5) is 0 Å². The van der Waals surface area contributed by atoms with Crippen molar-refractivity contribution in [3.63, 3.8) is 0 Å². The van der Waals surface area contributed by atoms with Crippen molar-refractivity contribution in [1.29, 1.82) is 0 Å². The SMILES string of the molecule is CC(CCO)OCCO. The summed E-state index contributed by atoms with van der Waals surface area (Å²) >= 11 is 0. The van der Waals surface area contributed by atoms with Crippen molar-refractivity contribution in [2.75, 3.05) is 19.8 Å². The van der Waals surface area contributed by atoms with Gasteiger partial charge >= 0.3 is 0 Å². The van der Waals surface area contributed by atoms with Gasteiger partial charge in [-0.15, -0.1) is 0 Å². The average Bonchev–Trinajstić information content (AvgIpc) is 1.85. The lowest BCUT2D eigenvalue weighted by atomic mass is 10.3. The molecule has 0 bridgehead atoms. The Bertz CT molecular complexity index is 56.3. The zero-order chi connectivity index (χ0) is 7.11. The lowest BCUT2D eigenvalue weighted by Gasteiger charge is -2.08. The van der Waals surface area contributed by atoms with Crippen molar-refractivity contribution in [3.8, 4) is 0 Å². The topological polar surface area (TPSA) is 49.7 Å². The average molecular weight is 134 g/mol. The third-order valence-electron chi connectivity index (χ3n) is 1.03. The van der Waals surface area contributed by atoms with E-state index in [1.165, 1.54) is 0 Å². The largest absolute Gasteiger partial charge is 0.396 e. The highest BCUT2D eigenvalue weighted by Crippen LogP contribution is 1.94. The number of rotatable bonds is 5. The summed E-state index contributed by atoms with van der Waals surface area (Å²) in [6.45, 7) is 2.43. The van der Waals surface area contributed by atoms with Gasteiger partial charge in [0.05, 0.1) is 19.3 Å². The third kappa shape index (κ3) is 5.76. The molecule has 0 aliphatic carbocycles. The number of ether oxygens (including phenoxy) is 1. The first-order chi connectivity index (χ1) is 4.31. The third-order valence-corrected chi connectivity index (χ3v) is 1.03. The molecule has 0 spiro atoms. The van der Waals surface area contributed by atoms with E-state index < -0.39 is 0 Å². The molecule has 0 aliphatic heterocycles. The van der Waals surface area contributed by atoms with Crippen molar-refractivity contribution < 1.29 is 14.9 Å². The summed E-state index contributed by atoms with van der Waals surface area (Å²) in [6.07, 6.45) is 0.696. The number of aliphatic hydroxyl groups excluding tert-OH is 2. The van der Waals surface area contributed by atoms with Gasteiger partial charge < -0.3 is 14.9 Å². The van der Waals surface area contributed by atoms with Gasteiger partial charge in [-0.25, -0.2) is 0 Å². The molecule has 0 heterocycles. The van der Waals surface area contributed by atoms with Crippen LogP contribution in [0.2, 0.25) is 0 Å². The van der Waals surface area contributed by atoms with E-state index in [4.69, 9.17) is 14.9 Å². The van der Waals surface area contributed by atoms with Gasteiger partial charge in [0, 0.05) is 6.61 Å². The van der Waals surface area contributed by atoms with Crippen molar-refractivity contribution in [3.05, 3.63) is 0 Å². The molecule has 0 aromatic heterocycles. The zero-order valence-electron chi connectivity index (χ0n) is 5.71. The summed E-state index contributed by atoms with van der Waals surface area (Å²) < 4.78 is 5.02. The summed E-state index contributed by atoms with van der Waals surface area (Å²) in [5, 5.41) is 16.7. The molecule has 3 nitrogen and oxygen atoms in total. The second-order valence-corrected chi connectivity index (χ2v) is 1.92. The second kappa shape index (κ2) is 6.01. The summed E-state index contributed by atoms with van der Waals surface area (Å²) in [4.78, 5) is 0. The van der Waals surface area contributed by atoms with E-state index in [0.717, 1.165) is 0 Å².